The maximum absolute atomic E-state index is 14.0. The number of alkyl carbamates (subject to hydrolysis) is 1. The minimum atomic E-state index is -0.693. The summed E-state index contributed by atoms with van der Waals surface area (Å²) in [5, 5.41) is 5.34. The second kappa shape index (κ2) is 8.45. The molecule has 3 heterocycles. The quantitative estimate of drug-likeness (QED) is 0.590. The summed E-state index contributed by atoms with van der Waals surface area (Å²) in [6, 6.07) is 19.8. The first-order valence-corrected chi connectivity index (χ1v) is 13.0. The fourth-order valence-electron chi connectivity index (χ4n) is 6.88. The molecule has 2 unspecified atom stereocenters. The van der Waals surface area contributed by atoms with Gasteiger partial charge in [0, 0.05) is 24.8 Å². The minimum absolute atomic E-state index is 0.0660. The van der Waals surface area contributed by atoms with Crippen LogP contribution in [0.15, 0.2) is 60.7 Å². The third-order valence-electron chi connectivity index (χ3n) is 8.69. The average Bonchev–Trinajstić information content (AvgIpc) is 3.58. The molecule has 3 aliphatic heterocycles. The van der Waals surface area contributed by atoms with Crippen LogP contribution >= 0.6 is 0 Å². The molecule has 37 heavy (non-hydrogen) atoms. The SMILES string of the molecule is O=C1NCC(CN2CN(c3ccc(F)cc3)C3(CCN(C4Cc5cccc6cccc4c56)CC3)C2=O)O1. The third-order valence-corrected chi connectivity index (χ3v) is 8.69. The van der Waals surface area contributed by atoms with E-state index in [2.05, 4.69) is 51.5 Å². The van der Waals surface area contributed by atoms with E-state index in [0.29, 0.717) is 38.6 Å². The highest BCUT2D eigenvalue weighted by Gasteiger charge is 2.55. The Kier molecular flexibility index (Phi) is 5.15. The van der Waals surface area contributed by atoms with Crippen LogP contribution < -0.4 is 10.2 Å². The molecule has 190 valence electrons. The van der Waals surface area contributed by atoms with Crippen LogP contribution in [0, 0.1) is 5.82 Å². The van der Waals surface area contributed by atoms with Gasteiger partial charge < -0.3 is 19.9 Å². The van der Waals surface area contributed by atoms with Crippen LogP contribution in [-0.4, -0.2) is 66.3 Å². The fraction of sp³-hybridized carbons (Fsp3) is 0.379. The lowest BCUT2D eigenvalue weighted by Crippen LogP contribution is -2.57. The summed E-state index contributed by atoms with van der Waals surface area (Å²) < 4.78 is 19.1. The molecule has 2 atom stereocenters. The molecule has 2 amide bonds. The normalized spacial score (nSPS) is 24.8. The summed E-state index contributed by atoms with van der Waals surface area (Å²) in [7, 11) is 0. The van der Waals surface area contributed by atoms with Crippen LogP contribution in [0.2, 0.25) is 0 Å². The average molecular weight is 501 g/mol. The van der Waals surface area contributed by atoms with E-state index in [9.17, 15) is 14.0 Å². The van der Waals surface area contributed by atoms with Crippen LogP contribution in [0.5, 0.6) is 0 Å². The highest BCUT2D eigenvalue weighted by Crippen LogP contribution is 2.45. The molecule has 8 heteroatoms. The number of hydrogen-bond acceptors (Lipinski definition) is 5. The number of carbonyl (C=O) groups excluding carboxylic acids is 2. The molecule has 3 aromatic rings. The van der Waals surface area contributed by atoms with Crippen molar-refractivity contribution < 1.29 is 18.7 Å². The number of nitrogens with zero attached hydrogens (tertiary/aromatic N) is 3. The Balaban J connectivity index is 1.15. The number of rotatable bonds is 4. The van der Waals surface area contributed by atoms with Crippen molar-refractivity contribution in [2.24, 2.45) is 0 Å². The number of likely N-dealkylation sites (tertiary alicyclic amines) is 1. The van der Waals surface area contributed by atoms with E-state index < -0.39 is 11.6 Å². The lowest BCUT2D eigenvalue weighted by molar-refractivity contribution is -0.134. The number of nitrogens with one attached hydrogen (secondary N) is 1. The lowest BCUT2D eigenvalue weighted by Gasteiger charge is -2.45. The number of cyclic esters (lactones) is 1. The number of benzene rings is 3. The van der Waals surface area contributed by atoms with Crippen molar-refractivity contribution in [2.75, 3.05) is 37.7 Å². The van der Waals surface area contributed by atoms with Crippen LogP contribution in [0.25, 0.3) is 10.8 Å². The highest BCUT2D eigenvalue weighted by atomic mass is 19.1. The number of hydrogen-bond donors (Lipinski definition) is 1. The highest BCUT2D eigenvalue weighted by molar-refractivity contribution is 5.94. The van der Waals surface area contributed by atoms with E-state index in [-0.39, 0.29) is 17.8 Å². The number of carbonyl (C=O) groups is 2. The van der Waals surface area contributed by atoms with E-state index in [1.165, 1.54) is 34.0 Å². The zero-order chi connectivity index (χ0) is 25.1. The van der Waals surface area contributed by atoms with Crippen molar-refractivity contribution in [1.29, 1.82) is 0 Å². The molecule has 1 spiro atoms. The summed E-state index contributed by atoms with van der Waals surface area (Å²) in [6.07, 6.45) is 1.56. The smallest absolute Gasteiger partial charge is 0.407 e. The lowest BCUT2D eigenvalue weighted by atomic mass is 9.84. The predicted octanol–water partition coefficient (Wildman–Crippen LogP) is 3.83. The van der Waals surface area contributed by atoms with Crippen molar-refractivity contribution >= 4 is 28.5 Å². The molecule has 1 aliphatic carbocycles. The summed E-state index contributed by atoms with van der Waals surface area (Å²) in [6.45, 7) is 2.74. The van der Waals surface area contributed by atoms with E-state index >= 15 is 0 Å². The van der Waals surface area contributed by atoms with Gasteiger partial charge in [-0.2, -0.15) is 0 Å². The van der Waals surface area contributed by atoms with Crippen LogP contribution in [0.1, 0.15) is 30.0 Å². The summed E-state index contributed by atoms with van der Waals surface area (Å²) in [5.41, 5.74) is 2.93. The van der Waals surface area contributed by atoms with Gasteiger partial charge in [0.25, 0.3) is 0 Å². The van der Waals surface area contributed by atoms with Crippen molar-refractivity contribution in [3.8, 4) is 0 Å². The van der Waals surface area contributed by atoms with Gasteiger partial charge in [0.2, 0.25) is 5.91 Å². The van der Waals surface area contributed by atoms with Gasteiger partial charge in [-0.1, -0.05) is 36.4 Å². The first kappa shape index (κ1) is 22.5. The number of halogens is 1. The molecule has 0 saturated carbocycles. The number of amides is 2. The van der Waals surface area contributed by atoms with E-state index in [1.54, 1.807) is 17.0 Å². The second-order valence-corrected chi connectivity index (χ2v) is 10.6. The fourth-order valence-corrected chi connectivity index (χ4v) is 6.88. The Bertz CT molecular complexity index is 1380. The minimum Gasteiger partial charge on any atom is -0.442 e. The van der Waals surface area contributed by atoms with Crippen molar-refractivity contribution in [3.05, 3.63) is 77.6 Å². The maximum atomic E-state index is 14.0. The Hall–Kier alpha value is -3.65. The molecular formula is C29H29FN4O3. The molecular weight excluding hydrogens is 471 g/mol. The first-order valence-electron chi connectivity index (χ1n) is 13.0. The second-order valence-electron chi connectivity index (χ2n) is 10.6. The molecule has 3 fully saturated rings. The number of anilines is 1. The van der Waals surface area contributed by atoms with Gasteiger partial charge in [0.15, 0.2) is 0 Å². The molecule has 7 nitrogen and oxygen atoms in total. The monoisotopic (exact) mass is 500 g/mol. The molecule has 0 aromatic heterocycles. The topological polar surface area (TPSA) is 65.1 Å². The molecule has 7 rings (SSSR count). The van der Waals surface area contributed by atoms with Gasteiger partial charge in [-0.15, -0.1) is 0 Å². The van der Waals surface area contributed by atoms with Gasteiger partial charge in [-0.3, -0.25) is 9.69 Å². The summed E-state index contributed by atoms with van der Waals surface area (Å²) >= 11 is 0. The third kappa shape index (κ3) is 3.57. The van der Waals surface area contributed by atoms with Crippen LogP contribution in [-0.2, 0) is 16.0 Å². The largest absolute Gasteiger partial charge is 0.442 e. The molecule has 0 bridgehead atoms. The van der Waals surface area contributed by atoms with Gasteiger partial charge >= 0.3 is 6.09 Å². The molecule has 3 saturated heterocycles. The van der Waals surface area contributed by atoms with E-state index in [1.807, 2.05) is 0 Å². The van der Waals surface area contributed by atoms with E-state index in [4.69, 9.17) is 4.74 Å². The summed E-state index contributed by atoms with van der Waals surface area (Å²) in [5.74, 6) is -0.231. The molecule has 4 aliphatic rings. The van der Waals surface area contributed by atoms with E-state index in [0.717, 1.165) is 25.2 Å². The standard InChI is InChI=1S/C29H29FN4O3/c30-21-7-9-22(10-8-21)34-18-33(17-23-16-31-28(36)37-23)27(35)29(34)11-13-32(14-12-29)25-15-20-5-1-3-19-4-2-6-24(25)26(19)20/h1-10,23,25H,11-18H2,(H,31,36). The van der Waals surface area contributed by atoms with Crippen molar-refractivity contribution in [2.45, 2.75) is 36.9 Å². The van der Waals surface area contributed by atoms with Gasteiger partial charge in [-0.25, -0.2) is 9.18 Å². The number of piperidine rings is 1. The first-order chi connectivity index (χ1) is 18.0. The Labute approximate surface area is 214 Å². The number of ether oxygens (including phenoxy) is 1. The van der Waals surface area contributed by atoms with Crippen LogP contribution in [0.4, 0.5) is 14.9 Å². The zero-order valence-corrected chi connectivity index (χ0v) is 20.5. The Morgan fingerprint density at radius 1 is 1.00 bits per heavy atom. The van der Waals surface area contributed by atoms with Gasteiger partial charge in [0.1, 0.15) is 17.5 Å². The van der Waals surface area contributed by atoms with Crippen LogP contribution in [0.3, 0.4) is 0 Å². The Morgan fingerprint density at radius 2 is 1.76 bits per heavy atom. The molecule has 0 radical (unpaired) electrons. The van der Waals surface area contributed by atoms with Gasteiger partial charge in [0.05, 0.1) is 19.8 Å². The Morgan fingerprint density at radius 3 is 2.49 bits per heavy atom. The predicted molar refractivity (Wildman–Crippen MR) is 138 cm³/mol. The van der Waals surface area contributed by atoms with Crippen molar-refractivity contribution in [1.82, 2.24) is 15.1 Å². The maximum Gasteiger partial charge on any atom is 0.407 e. The van der Waals surface area contributed by atoms with Crippen molar-refractivity contribution in [3.63, 3.8) is 0 Å². The summed E-state index contributed by atoms with van der Waals surface area (Å²) in [4.78, 5) is 32.0. The zero-order valence-electron chi connectivity index (χ0n) is 20.5. The van der Waals surface area contributed by atoms with Gasteiger partial charge in [-0.05, 0) is 65.4 Å². The molecule has 3 aromatic carbocycles. The molecule has 1 N–H and O–H groups in total.